The molecule has 3 aliphatic heterocycles. The van der Waals surface area contributed by atoms with Crippen molar-refractivity contribution in [2.45, 2.75) is 67.3 Å². The van der Waals surface area contributed by atoms with Gasteiger partial charge in [-0.05, 0) is 48.9 Å². The summed E-state index contributed by atoms with van der Waals surface area (Å²) in [6.45, 7) is 0.222. The Balaban J connectivity index is 1.31. The number of fused-ring (bicyclic) bond motifs is 1. The second-order valence-corrected chi connectivity index (χ2v) is 11.5. The average molecular weight is 533 g/mol. The molecule has 3 fully saturated rings. The Hall–Kier alpha value is -3.17. The first-order valence-corrected chi connectivity index (χ1v) is 14.5. The molecule has 1 aromatic heterocycles. The third kappa shape index (κ3) is 4.31. The van der Waals surface area contributed by atoms with Gasteiger partial charge in [0.1, 0.15) is 11.6 Å². The van der Waals surface area contributed by atoms with Gasteiger partial charge in [-0.15, -0.1) is 11.8 Å². The van der Waals surface area contributed by atoms with E-state index in [1.54, 1.807) is 29.1 Å². The highest BCUT2D eigenvalue weighted by atomic mass is 32.2. The standard InChI is InChI=1S/C29H32N4O4S/c1-38-21-11-5-10-20(15-21)32-26(34)23-22-12-13-29(37-22)24(23)28(36)33(17-18-7-6-14-30-16-18)25(29)27(35)31-19-8-3-2-4-9-19/h5-7,10-16,19,22-25H,2-4,8-9,17H2,1H3,(H,31,35)(H,32,34)/t22-,23+,24-,25+,29-/m0/s1. The van der Waals surface area contributed by atoms with Crippen molar-refractivity contribution in [3.8, 4) is 0 Å². The number of nitrogens with one attached hydrogen (secondary N) is 2. The Morgan fingerprint density at radius 1 is 1.16 bits per heavy atom. The number of hydrogen-bond acceptors (Lipinski definition) is 6. The van der Waals surface area contributed by atoms with Crippen molar-refractivity contribution < 1.29 is 19.1 Å². The third-order valence-corrected chi connectivity index (χ3v) is 9.01. The van der Waals surface area contributed by atoms with Gasteiger partial charge in [-0.25, -0.2) is 0 Å². The normalized spacial score (nSPS) is 29.9. The van der Waals surface area contributed by atoms with Crippen LogP contribution in [0.4, 0.5) is 5.69 Å². The molecule has 6 rings (SSSR count). The largest absolute Gasteiger partial charge is 0.359 e. The smallest absolute Gasteiger partial charge is 0.246 e. The van der Waals surface area contributed by atoms with Crippen molar-refractivity contribution in [2.75, 3.05) is 11.6 Å². The highest BCUT2D eigenvalue weighted by Crippen LogP contribution is 2.55. The predicted octanol–water partition coefficient (Wildman–Crippen LogP) is 3.54. The van der Waals surface area contributed by atoms with Crippen LogP contribution in [0.15, 0.2) is 65.8 Å². The van der Waals surface area contributed by atoms with Crippen LogP contribution in [0.5, 0.6) is 0 Å². The van der Waals surface area contributed by atoms with Gasteiger partial charge in [0, 0.05) is 35.6 Å². The number of nitrogens with zero attached hydrogens (tertiary/aromatic N) is 2. The molecule has 4 heterocycles. The van der Waals surface area contributed by atoms with E-state index in [-0.39, 0.29) is 30.3 Å². The van der Waals surface area contributed by atoms with Crippen molar-refractivity contribution in [3.05, 3.63) is 66.5 Å². The van der Waals surface area contributed by atoms with Crippen LogP contribution < -0.4 is 10.6 Å². The molecule has 1 saturated carbocycles. The maximum Gasteiger partial charge on any atom is 0.246 e. The fraction of sp³-hybridized carbons (Fsp3) is 0.448. The second-order valence-electron chi connectivity index (χ2n) is 10.6. The summed E-state index contributed by atoms with van der Waals surface area (Å²) < 4.78 is 6.45. The summed E-state index contributed by atoms with van der Waals surface area (Å²) in [7, 11) is 0. The number of benzene rings is 1. The van der Waals surface area contributed by atoms with Crippen molar-refractivity contribution in [1.82, 2.24) is 15.2 Å². The van der Waals surface area contributed by atoms with Crippen LogP contribution >= 0.6 is 11.8 Å². The number of carbonyl (C=O) groups is 3. The second kappa shape index (κ2) is 10.2. The van der Waals surface area contributed by atoms with Gasteiger partial charge in [-0.2, -0.15) is 0 Å². The zero-order valence-corrected chi connectivity index (χ0v) is 22.2. The number of thioether (sulfide) groups is 1. The number of hydrogen-bond donors (Lipinski definition) is 2. The lowest BCUT2D eigenvalue weighted by Crippen LogP contribution is -2.56. The van der Waals surface area contributed by atoms with E-state index in [4.69, 9.17) is 4.74 Å². The lowest BCUT2D eigenvalue weighted by atomic mass is 9.74. The molecule has 5 atom stereocenters. The Labute approximate surface area is 226 Å². The summed E-state index contributed by atoms with van der Waals surface area (Å²) in [5, 5.41) is 6.22. The summed E-state index contributed by atoms with van der Waals surface area (Å²) >= 11 is 1.59. The van der Waals surface area contributed by atoms with Crippen molar-refractivity contribution >= 4 is 35.2 Å². The molecule has 0 unspecified atom stereocenters. The highest BCUT2D eigenvalue weighted by molar-refractivity contribution is 7.98. The Kier molecular flexibility index (Phi) is 6.74. The van der Waals surface area contributed by atoms with E-state index in [1.165, 1.54) is 6.42 Å². The van der Waals surface area contributed by atoms with Gasteiger partial charge < -0.3 is 20.3 Å². The molecule has 1 aromatic carbocycles. The zero-order chi connectivity index (χ0) is 26.3. The van der Waals surface area contributed by atoms with Crippen LogP contribution in [0.25, 0.3) is 0 Å². The summed E-state index contributed by atoms with van der Waals surface area (Å²) in [4.78, 5) is 48.4. The molecule has 1 spiro atoms. The summed E-state index contributed by atoms with van der Waals surface area (Å²) in [6.07, 6.45) is 13.7. The number of anilines is 1. The number of ether oxygens (including phenoxy) is 1. The number of pyridine rings is 1. The number of likely N-dealkylation sites (tertiary alicyclic amines) is 1. The van der Waals surface area contributed by atoms with Gasteiger partial charge in [0.05, 0.1) is 17.9 Å². The van der Waals surface area contributed by atoms with E-state index in [1.807, 2.05) is 54.8 Å². The SMILES string of the molecule is CSc1cccc(NC(=O)[C@@H]2[C@@H]3C=C[C@]4(O3)[C@@H]2C(=O)N(Cc2cccnc2)[C@@H]4C(=O)NC2CCCCC2)c1. The molecule has 2 saturated heterocycles. The maximum atomic E-state index is 14.1. The minimum Gasteiger partial charge on any atom is -0.359 e. The average Bonchev–Trinajstić information content (AvgIpc) is 3.57. The zero-order valence-electron chi connectivity index (χ0n) is 21.3. The van der Waals surface area contributed by atoms with Crippen LogP contribution in [-0.2, 0) is 25.7 Å². The molecule has 1 aliphatic carbocycles. The summed E-state index contributed by atoms with van der Waals surface area (Å²) in [5.74, 6) is -2.22. The molecule has 4 aliphatic rings. The molecule has 9 heteroatoms. The number of amides is 3. The fourth-order valence-corrected chi connectivity index (χ4v) is 7.04. The van der Waals surface area contributed by atoms with Crippen LogP contribution in [0.1, 0.15) is 37.7 Å². The first-order valence-electron chi connectivity index (χ1n) is 13.3. The number of rotatable bonds is 7. The van der Waals surface area contributed by atoms with Gasteiger partial charge >= 0.3 is 0 Å². The molecular weight excluding hydrogens is 500 g/mol. The van der Waals surface area contributed by atoms with Gasteiger partial charge in [0.2, 0.25) is 17.7 Å². The maximum absolute atomic E-state index is 14.1. The van der Waals surface area contributed by atoms with Gasteiger partial charge in [0.15, 0.2) is 0 Å². The number of aromatic nitrogens is 1. The van der Waals surface area contributed by atoms with E-state index in [0.29, 0.717) is 5.69 Å². The van der Waals surface area contributed by atoms with Crippen molar-refractivity contribution in [2.24, 2.45) is 11.8 Å². The van der Waals surface area contributed by atoms with Gasteiger partial charge in [0.25, 0.3) is 0 Å². The number of carbonyl (C=O) groups excluding carboxylic acids is 3. The molecule has 8 nitrogen and oxygen atoms in total. The Morgan fingerprint density at radius 3 is 2.76 bits per heavy atom. The van der Waals surface area contributed by atoms with E-state index in [2.05, 4.69) is 15.6 Å². The van der Waals surface area contributed by atoms with E-state index < -0.39 is 29.6 Å². The van der Waals surface area contributed by atoms with E-state index in [9.17, 15) is 14.4 Å². The minimum atomic E-state index is -1.17. The predicted molar refractivity (Wildman–Crippen MR) is 144 cm³/mol. The molecule has 2 aromatic rings. The van der Waals surface area contributed by atoms with E-state index in [0.717, 1.165) is 36.1 Å². The summed E-state index contributed by atoms with van der Waals surface area (Å²) in [6, 6.07) is 10.5. The third-order valence-electron chi connectivity index (χ3n) is 8.29. The minimum absolute atomic E-state index is 0.0902. The molecule has 2 N–H and O–H groups in total. The summed E-state index contributed by atoms with van der Waals surface area (Å²) in [5.41, 5.74) is 0.319. The van der Waals surface area contributed by atoms with Crippen molar-refractivity contribution in [1.29, 1.82) is 0 Å². The lowest BCUT2D eigenvalue weighted by molar-refractivity contribution is -0.142. The Morgan fingerprint density at radius 2 is 2.00 bits per heavy atom. The van der Waals surface area contributed by atoms with Crippen LogP contribution in [-0.4, -0.2) is 57.6 Å². The monoisotopic (exact) mass is 532 g/mol. The Bertz CT molecular complexity index is 1260. The molecule has 38 heavy (non-hydrogen) atoms. The first-order chi connectivity index (χ1) is 18.5. The van der Waals surface area contributed by atoms with Gasteiger partial charge in [-0.1, -0.05) is 43.5 Å². The van der Waals surface area contributed by atoms with E-state index >= 15 is 0 Å². The quantitative estimate of drug-likeness (QED) is 0.418. The van der Waals surface area contributed by atoms with Crippen LogP contribution in [0.3, 0.4) is 0 Å². The first kappa shape index (κ1) is 25.1. The molecular formula is C29H32N4O4S. The molecule has 198 valence electrons. The van der Waals surface area contributed by atoms with Crippen LogP contribution in [0, 0.1) is 11.8 Å². The fourth-order valence-electron chi connectivity index (χ4n) is 6.58. The van der Waals surface area contributed by atoms with Crippen LogP contribution in [0.2, 0.25) is 0 Å². The molecule has 0 radical (unpaired) electrons. The van der Waals surface area contributed by atoms with Gasteiger partial charge in [-0.3, -0.25) is 19.4 Å². The lowest BCUT2D eigenvalue weighted by Gasteiger charge is -2.34. The molecule has 3 amide bonds. The van der Waals surface area contributed by atoms with Crippen molar-refractivity contribution in [3.63, 3.8) is 0 Å². The topological polar surface area (TPSA) is 101 Å². The highest BCUT2D eigenvalue weighted by Gasteiger charge is 2.72. The molecule has 2 bridgehead atoms.